The maximum absolute atomic E-state index is 12.5. The molecular formula is C21H31NO6. The molecule has 1 amide bonds. The molecule has 2 rings (SSSR count). The van der Waals surface area contributed by atoms with Crippen LogP contribution in [-0.4, -0.2) is 44.4 Å². The molecule has 0 heterocycles. The molecule has 7 heteroatoms. The van der Waals surface area contributed by atoms with Crippen molar-refractivity contribution in [1.29, 1.82) is 0 Å². The topological polar surface area (TPSA) is 94.1 Å². The summed E-state index contributed by atoms with van der Waals surface area (Å²) in [5.41, 5.74) is 0.886. The highest BCUT2D eigenvalue weighted by Crippen LogP contribution is 2.38. The van der Waals surface area contributed by atoms with Gasteiger partial charge in [-0.15, -0.1) is 0 Å². The lowest BCUT2D eigenvalue weighted by atomic mass is 9.86. The number of carbonyl (C=O) groups is 2. The number of carboxylic acids is 1. The van der Waals surface area contributed by atoms with Crippen LogP contribution in [0.25, 0.3) is 0 Å². The van der Waals surface area contributed by atoms with Crippen molar-refractivity contribution in [2.24, 2.45) is 5.92 Å². The van der Waals surface area contributed by atoms with Crippen molar-refractivity contribution in [3.05, 3.63) is 17.7 Å². The van der Waals surface area contributed by atoms with E-state index in [0.29, 0.717) is 36.5 Å². The maximum Gasteiger partial charge on any atom is 0.308 e. The van der Waals surface area contributed by atoms with Gasteiger partial charge >= 0.3 is 5.97 Å². The molecule has 1 fully saturated rings. The summed E-state index contributed by atoms with van der Waals surface area (Å²) < 4.78 is 16.0. The van der Waals surface area contributed by atoms with E-state index >= 15 is 0 Å². The highest BCUT2D eigenvalue weighted by molar-refractivity contribution is 5.78. The molecule has 1 saturated carbocycles. The average molecular weight is 393 g/mol. The van der Waals surface area contributed by atoms with E-state index < -0.39 is 11.9 Å². The fourth-order valence-electron chi connectivity index (χ4n) is 3.77. The van der Waals surface area contributed by atoms with E-state index in [1.165, 1.54) is 0 Å². The molecular weight excluding hydrogens is 362 g/mol. The number of aryl methyl sites for hydroxylation is 1. The SMILES string of the molecule is COc1cc(CCC(=O)NC2CCCCCCC2C(=O)O)cc(OC)c1OC. The van der Waals surface area contributed by atoms with Crippen LogP contribution in [-0.2, 0) is 16.0 Å². The van der Waals surface area contributed by atoms with Gasteiger partial charge in [0.2, 0.25) is 11.7 Å². The zero-order valence-corrected chi connectivity index (χ0v) is 17.0. The fourth-order valence-corrected chi connectivity index (χ4v) is 3.77. The summed E-state index contributed by atoms with van der Waals surface area (Å²) in [7, 11) is 4.64. The van der Waals surface area contributed by atoms with Gasteiger partial charge < -0.3 is 24.6 Å². The van der Waals surface area contributed by atoms with Gasteiger partial charge in [0, 0.05) is 12.5 Å². The van der Waals surface area contributed by atoms with Gasteiger partial charge in [0.15, 0.2) is 11.5 Å². The van der Waals surface area contributed by atoms with Crippen LogP contribution in [0.4, 0.5) is 0 Å². The Bertz CT molecular complexity index is 650. The van der Waals surface area contributed by atoms with Gasteiger partial charge in [-0.25, -0.2) is 0 Å². The summed E-state index contributed by atoms with van der Waals surface area (Å²) in [6.07, 6.45) is 6.08. The van der Waals surface area contributed by atoms with Gasteiger partial charge in [-0.2, -0.15) is 0 Å². The van der Waals surface area contributed by atoms with Crippen LogP contribution >= 0.6 is 0 Å². The molecule has 0 aromatic heterocycles. The number of hydrogen-bond acceptors (Lipinski definition) is 5. The second kappa shape index (κ2) is 10.8. The number of carbonyl (C=O) groups excluding carboxylic acids is 1. The Morgan fingerprint density at radius 2 is 1.61 bits per heavy atom. The summed E-state index contributed by atoms with van der Waals surface area (Å²) in [5.74, 6) is 0.135. The van der Waals surface area contributed by atoms with Gasteiger partial charge in [-0.05, 0) is 37.0 Å². The second-order valence-electron chi connectivity index (χ2n) is 7.14. The third kappa shape index (κ3) is 5.78. The number of benzene rings is 1. The minimum atomic E-state index is -0.822. The Morgan fingerprint density at radius 3 is 2.14 bits per heavy atom. The lowest BCUT2D eigenvalue weighted by Crippen LogP contribution is -2.44. The molecule has 0 spiro atoms. The van der Waals surface area contributed by atoms with Crippen molar-refractivity contribution in [3.8, 4) is 17.2 Å². The van der Waals surface area contributed by atoms with E-state index in [9.17, 15) is 14.7 Å². The van der Waals surface area contributed by atoms with Crippen LogP contribution in [0.15, 0.2) is 12.1 Å². The van der Waals surface area contributed by atoms with Crippen molar-refractivity contribution in [1.82, 2.24) is 5.32 Å². The largest absolute Gasteiger partial charge is 0.493 e. The number of ether oxygens (including phenoxy) is 3. The molecule has 2 unspecified atom stereocenters. The Labute approximate surface area is 166 Å². The molecule has 1 aliphatic rings. The summed E-state index contributed by atoms with van der Waals surface area (Å²) in [5, 5.41) is 12.5. The third-order valence-electron chi connectivity index (χ3n) is 5.29. The predicted molar refractivity (Wildman–Crippen MR) is 105 cm³/mol. The van der Waals surface area contributed by atoms with Crippen molar-refractivity contribution in [3.63, 3.8) is 0 Å². The van der Waals surface area contributed by atoms with Gasteiger partial charge in [0.05, 0.1) is 27.2 Å². The molecule has 1 aromatic carbocycles. The Balaban J connectivity index is 2.01. The zero-order chi connectivity index (χ0) is 20.5. The van der Waals surface area contributed by atoms with Crippen LogP contribution in [0.1, 0.15) is 50.5 Å². The molecule has 0 radical (unpaired) electrons. The molecule has 156 valence electrons. The van der Waals surface area contributed by atoms with Crippen LogP contribution < -0.4 is 19.5 Å². The van der Waals surface area contributed by atoms with Gasteiger partial charge in [-0.3, -0.25) is 9.59 Å². The molecule has 2 N–H and O–H groups in total. The average Bonchev–Trinajstić information content (AvgIpc) is 2.67. The maximum atomic E-state index is 12.5. The van der Waals surface area contributed by atoms with E-state index in [2.05, 4.69) is 5.32 Å². The summed E-state index contributed by atoms with van der Waals surface area (Å²) in [6.45, 7) is 0. The minimum absolute atomic E-state index is 0.134. The quantitative estimate of drug-likeness (QED) is 0.704. The van der Waals surface area contributed by atoms with Crippen LogP contribution in [0.2, 0.25) is 0 Å². The Kier molecular flexibility index (Phi) is 8.42. The van der Waals surface area contributed by atoms with Crippen molar-refractivity contribution in [2.45, 2.75) is 57.4 Å². The predicted octanol–water partition coefficient (Wildman–Crippen LogP) is 3.18. The van der Waals surface area contributed by atoms with Crippen molar-refractivity contribution >= 4 is 11.9 Å². The lowest BCUT2D eigenvalue weighted by molar-refractivity contribution is -0.143. The number of nitrogens with one attached hydrogen (secondary N) is 1. The van der Waals surface area contributed by atoms with Gasteiger partial charge in [-0.1, -0.05) is 25.7 Å². The lowest BCUT2D eigenvalue weighted by Gasteiger charge is -2.27. The fraction of sp³-hybridized carbons (Fsp3) is 0.619. The first kappa shape index (κ1) is 21.9. The number of aliphatic carboxylic acids is 1. The van der Waals surface area contributed by atoms with Crippen molar-refractivity contribution in [2.75, 3.05) is 21.3 Å². The summed E-state index contributed by atoms with van der Waals surface area (Å²) >= 11 is 0. The van der Waals surface area contributed by atoms with E-state index in [1.54, 1.807) is 21.3 Å². The molecule has 2 atom stereocenters. The van der Waals surface area contributed by atoms with Gasteiger partial charge in [0.1, 0.15) is 0 Å². The zero-order valence-electron chi connectivity index (χ0n) is 17.0. The first-order valence-electron chi connectivity index (χ1n) is 9.81. The number of hydrogen-bond donors (Lipinski definition) is 2. The molecule has 1 aromatic rings. The molecule has 0 aliphatic heterocycles. The monoisotopic (exact) mass is 393 g/mol. The Hall–Kier alpha value is -2.44. The Morgan fingerprint density at radius 1 is 1.00 bits per heavy atom. The summed E-state index contributed by atoms with van der Waals surface area (Å²) in [6, 6.07) is 3.35. The molecule has 0 saturated heterocycles. The first-order chi connectivity index (χ1) is 13.5. The smallest absolute Gasteiger partial charge is 0.308 e. The van der Waals surface area contributed by atoms with E-state index in [0.717, 1.165) is 31.2 Å². The van der Waals surface area contributed by atoms with E-state index in [1.807, 2.05) is 12.1 Å². The van der Waals surface area contributed by atoms with Crippen molar-refractivity contribution < 1.29 is 28.9 Å². The summed E-state index contributed by atoms with van der Waals surface area (Å²) in [4.78, 5) is 24.1. The number of amides is 1. The molecule has 28 heavy (non-hydrogen) atoms. The van der Waals surface area contributed by atoms with Crippen LogP contribution in [0.3, 0.4) is 0 Å². The van der Waals surface area contributed by atoms with Crippen LogP contribution in [0, 0.1) is 5.92 Å². The van der Waals surface area contributed by atoms with E-state index in [-0.39, 0.29) is 18.4 Å². The molecule has 0 bridgehead atoms. The van der Waals surface area contributed by atoms with Gasteiger partial charge in [0.25, 0.3) is 0 Å². The number of carboxylic acid groups (broad SMARTS) is 1. The normalized spacial score (nSPS) is 19.8. The second-order valence-corrected chi connectivity index (χ2v) is 7.14. The number of rotatable bonds is 8. The first-order valence-corrected chi connectivity index (χ1v) is 9.81. The van der Waals surface area contributed by atoms with Crippen LogP contribution in [0.5, 0.6) is 17.2 Å². The highest BCUT2D eigenvalue weighted by Gasteiger charge is 2.29. The highest BCUT2D eigenvalue weighted by atomic mass is 16.5. The standard InChI is InChI=1S/C21H31NO6/c1-26-17-12-14(13-18(27-2)20(17)28-3)10-11-19(23)22-16-9-7-5-4-6-8-15(16)21(24)25/h12-13,15-16H,4-11H2,1-3H3,(H,22,23)(H,24,25). The molecule has 1 aliphatic carbocycles. The number of methoxy groups -OCH3 is 3. The van der Waals surface area contributed by atoms with E-state index in [4.69, 9.17) is 14.2 Å². The molecule has 7 nitrogen and oxygen atoms in total. The third-order valence-corrected chi connectivity index (χ3v) is 5.29. The minimum Gasteiger partial charge on any atom is -0.493 e.